The third-order valence-electron chi connectivity index (χ3n) is 3.86. The Morgan fingerprint density at radius 2 is 2.15 bits per heavy atom. The van der Waals surface area contributed by atoms with Crippen LogP contribution in [0.1, 0.15) is 37.3 Å². The lowest BCUT2D eigenvalue weighted by Crippen LogP contribution is -2.30. The zero-order valence-electron chi connectivity index (χ0n) is 12.2. The van der Waals surface area contributed by atoms with E-state index in [-0.39, 0.29) is 12.4 Å². The number of halogens is 1. The van der Waals surface area contributed by atoms with Crippen molar-refractivity contribution >= 4 is 0 Å². The average Bonchev–Trinajstić information content (AvgIpc) is 3.21. The molecule has 0 spiro atoms. The molecule has 1 N–H and O–H groups in total. The fourth-order valence-electron chi connectivity index (χ4n) is 2.40. The first-order chi connectivity index (χ1) is 9.60. The highest BCUT2D eigenvalue weighted by Gasteiger charge is 2.30. The second-order valence-corrected chi connectivity index (χ2v) is 5.62. The molecule has 0 aromatic heterocycles. The second-order valence-electron chi connectivity index (χ2n) is 5.62. The van der Waals surface area contributed by atoms with Crippen LogP contribution in [0.5, 0.6) is 0 Å². The molecular formula is C17H22FNO. The van der Waals surface area contributed by atoms with Crippen LogP contribution in [0.2, 0.25) is 0 Å². The monoisotopic (exact) mass is 275 g/mol. The molecule has 1 fully saturated rings. The van der Waals surface area contributed by atoms with Crippen molar-refractivity contribution < 1.29 is 9.50 Å². The number of rotatable bonds is 5. The molecule has 108 valence electrons. The van der Waals surface area contributed by atoms with Gasteiger partial charge in [0.15, 0.2) is 0 Å². The topological polar surface area (TPSA) is 23.5 Å². The number of aliphatic hydroxyl groups excluding tert-OH is 1. The van der Waals surface area contributed by atoms with E-state index < -0.39 is 0 Å². The molecular weight excluding hydrogens is 253 g/mol. The Morgan fingerprint density at radius 3 is 2.80 bits per heavy atom. The minimum absolute atomic E-state index is 0.0385. The highest BCUT2D eigenvalue weighted by molar-refractivity contribution is 5.37. The van der Waals surface area contributed by atoms with E-state index >= 15 is 0 Å². The van der Waals surface area contributed by atoms with Crippen molar-refractivity contribution in [1.82, 2.24) is 4.90 Å². The number of aliphatic hydroxyl groups is 1. The maximum atomic E-state index is 13.6. The van der Waals surface area contributed by atoms with Crippen molar-refractivity contribution in [3.63, 3.8) is 0 Å². The van der Waals surface area contributed by atoms with Gasteiger partial charge in [0, 0.05) is 24.6 Å². The Morgan fingerprint density at radius 1 is 1.40 bits per heavy atom. The van der Waals surface area contributed by atoms with Crippen LogP contribution < -0.4 is 0 Å². The van der Waals surface area contributed by atoms with Crippen LogP contribution in [-0.4, -0.2) is 29.7 Å². The molecule has 0 amide bonds. The Kier molecular flexibility index (Phi) is 5.17. The SMILES string of the molecule is CC(C1CC1)N(C)Cc1cc(F)cc(C#CCCO)c1. The molecule has 0 bridgehead atoms. The maximum Gasteiger partial charge on any atom is 0.124 e. The standard InChI is InChI=1S/C17H22FNO/c1-13(16-6-7-16)19(2)12-15-9-14(5-3-4-8-20)10-17(18)11-15/h9-11,13,16,20H,4,6-8,12H2,1-2H3. The summed E-state index contributed by atoms with van der Waals surface area (Å²) >= 11 is 0. The Bertz CT molecular complexity index is 513. The summed E-state index contributed by atoms with van der Waals surface area (Å²) < 4.78 is 13.6. The average molecular weight is 275 g/mol. The summed E-state index contributed by atoms with van der Waals surface area (Å²) in [7, 11) is 2.09. The van der Waals surface area contributed by atoms with Crippen molar-refractivity contribution in [2.24, 2.45) is 5.92 Å². The highest BCUT2D eigenvalue weighted by Crippen LogP contribution is 2.35. The van der Waals surface area contributed by atoms with E-state index in [0.717, 1.165) is 18.0 Å². The first-order valence-electron chi connectivity index (χ1n) is 7.19. The molecule has 1 aromatic rings. The molecule has 0 radical (unpaired) electrons. The molecule has 0 aliphatic heterocycles. The van der Waals surface area contributed by atoms with Crippen LogP contribution in [0, 0.1) is 23.6 Å². The molecule has 0 saturated heterocycles. The molecule has 1 saturated carbocycles. The van der Waals surface area contributed by atoms with E-state index in [9.17, 15) is 4.39 Å². The summed E-state index contributed by atoms with van der Waals surface area (Å²) in [6, 6.07) is 5.50. The van der Waals surface area contributed by atoms with E-state index in [1.165, 1.54) is 18.9 Å². The predicted molar refractivity (Wildman–Crippen MR) is 78.6 cm³/mol. The summed E-state index contributed by atoms with van der Waals surface area (Å²) in [6.07, 6.45) is 3.05. The second kappa shape index (κ2) is 6.88. The molecule has 20 heavy (non-hydrogen) atoms. The van der Waals surface area contributed by atoms with Crippen LogP contribution in [0.15, 0.2) is 18.2 Å². The first-order valence-corrected chi connectivity index (χ1v) is 7.19. The Balaban J connectivity index is 2.05. The summed E-state index contributed by atoms with van der Waals surface area (Å²) in [6.45, 7) is 3.01. The van der Waals surface area contributed by atoms with Gasteiger partial charge in [-0.25, -0.2) is 4.39 Å². The summed E-state index contributed by atoms with van der Waals surface area (Å²) in [5, 5.41) is 8.71. The van der Waals surface area contributed by atoms with E-state index in [2.05, 4.69) is 30.7 Å². The number of nitrogens with zero attached hydrogens (tertiary/aromatic N) is 1. The first kappa shape index (κ1) is 15.0. The molecule has 0 heterocycles. The van der Waals surface area contributed by atoms with E-state index in [0.29, 0.717) is 18.0 Å². The van der Waals surface area contributed by atoms with Crippen molar-refractivity contribution in [3.05, 3.63) is 35.1 Å². The van der Waals surface area contributed by atoms with Gasteiger partial charge in [0.25, 0.3) is 0 Å². The van der Waals surface area contributed by atoms with Gasteiger partial charge in [0.1, 0.15) is 5.82 Å². The largest absolute Gasteiger partial charge is 0.395 e. The molecule has 1 aromatic carbocycles. The van der Waals surface area contributed by atoms with Gasteiger partial charge in [-0.1, -0.05) is 11.8 Å². The van der Waals surface area contributed by atoms with Gasteiger partial charge in [0.2, 0.25) is 0 Å². The van der Waals surface area contributed by atoms with Crippen LogP contribution >= 0.6 is 0 Å². The lowest BCUT2D eigenvalue weighted by molar-refractivity contribution is 0.226. The van der Waals surface area contributed by atoms with Gasteiger partial charge in [0.05, 0.1) is 6.61 Å². The van der Waals surface area contributed by atoms with Crippen molar-refractivity contribution in [2.45, 2.75) is 38.8 Å². The normalized spacial score (nSPS) is 15.8. The van der Waals surface area contributed by atoms with Crippen LogP contribution in [0.3, 0.4) is 0 Å². The van der Waals surface area contributed by atoms with Gasteiger partial charge in [-0.2, -0.15) is 0 Å². The third kappa shape index (κ3) is 4.33. The van der Waals surface area contributed by atoms with E-state index in [1.807, 2.05) is 6.07 Å². The van der Waals surface area contributed by atoms with Gasteiger partial charge in [-0.3, -0.25) is 4.90 Å². The van der Waals surface area contributed by atoms with Crippen LogP contribution in [-0.2, 0) is 6.54 Å². The van der Waals surface area contributed by atoms with E-state index in [4.69, 9.17) is 5.11 Å². The Labute approximate surface area is 120 Å². The van der Waals surface area contributed by atoms with Gasteiger partial charge < -0.3 is 5.11 Å². The zero-order chi connectivity index (χ0) is 14.5. The van der Waals surface area contributed by atoms with Gasteiger partial charge in [-0.05, 0) is 56.5 Å². The van der Waals surface area contributed by atoms with E-state index in [1.54, 1.807) is 6.07 Å². The molecule has 2 nitrogen and oxygen atoms in total. The third-order valence-corrected chi connectivity index (χ3v) is 3.86. The maximum absolute atomic E-state index is 13.6. The molecule has 2 rings (SSSR count). The van der Waals surface area contributed by atoms with Crippen molar-refractivity contribution in [2.75, 3.05) is 13.7 Å². The molecule has 3 heteroatoms. The fraction of sp³-hybridized carbons (Fsp3) is 0.529. The lowest BCUT2D eigenvalue weighted by atomic mass is 10.1. The van der Waals surface area contributed by atoms with Gasteiger partial charge >= 0.3 is 0 Å². The Hall–Kier alpha value is -1.37. The van der Waals surface area contributed by atoms with Gasteiger partial charge in [-0.15, -0.1) is 0 Å². The predicted octanol–water partition coefficient (Wildman–Crippen LogP) is 2.79. The van der Waals surface area contributed by atoms with Crippen LogP contribution in [0.25, 0.3) is 0 Å². The van der Waals surface area contributed by atoms with Crippen LogP contribution in [0.4, 0.5) is 4.39 Å². The lowest BCUT2D eigenvalue weighted by Gasteiger charge is -2.24. The minimum Gasteiger partial charge on any atom is -0.395 e. The molecule has 1 atom stereocenters. The summed E-state index contributed by atoms with van der Waals surface area (Å²) in [5.74, 6) is 6.28. The fourth-order valence-corrected chi connectivity index (χ4v) is 2.40. The molecule has 1 unspecified atom stereocenters. The highest BCUT2D eigenvalue weighted by atomic mass is 19.1. The zero-order valence-corrected chi connectivity index (χ0v) is 12.2. The minimum atomic E-state index is -0.247. The number of hydrogen-bond acceptors (Lipinski definition) is 2. The van der Waals surface area contributed by atoms with Crippen molar-refractivity contribution in [3.8, 4) is 11.8 Å². The smallest absolute Gasteiger partial charge is 0.124 e. The summed E-state index contributed by atoms with van der Waals surface area (Å²) in [4.78, 5) is 2.28. The quantitative estimate of drug-likeness (QED) is 0.835. The number of hydrogen-bond donors (Lipinski definition) is 1. The molecule has 1 aliphatic rings. The summed E-state index contributed by atoms with van der Waals surface area (Å²) in [5.41, 5.74) is 1.63. The molecule has 1 aliphatic carbocycles. The number of benzene rings is 1. The van der Waals surface area contributed by atoms with Crippen molar-refractivity contribution in [1.29, 1.82) is 0 Å².